The van der Waals surface area contributed by atoms with E-state index in [4.69, 9.17) is 16.9 Å². The van der Waals surface area contributed by atoms with Gasteiger partial charge in [-0.3, -0.25) is 4.79 Å². The van der Waals surface area contributed by atoms with Crippen molar-refractivity contribution in [3.8, 4) is 6.07 Å². The molecule has 1 aliphatic rings. The highest BCUT2D eigenvalue weighted by Crippen LogP contribution is 2.23. The lowest BCUT2D eigenvalue weighted by molar-refractivity contribution is -0.130. The largest absolute Gasteiger partial charge is 0.338 e. The average molecular weight is 215 g/mol. The number of nitriles is 1. The van der Waals surface area contributed by atoms with E-state index >= 15 is 0 Å². The summed E-state index contributed by atoms with van der Waals surface area (Å²) in [6.07, 6.45) is 4.90. The fraction of sp³-hybridized carbons (Fsp3) is 0.800. The van der Waals surface area contributed by atoms with Gasteiger partial charge in [-0.05, 0) is 12.8 Å². The predicted octanol–water partition coefficient (Wildman–Crippen LogP) is 1.91. The lowest BCUT2D eigenvalue weighted by Crippen LogP contribution is -2.40. The van der Waals surface area contributed by atoms with E-state index in [0.717, 1.165) is 12.8 Å². The van der Waals surface area contributed by atoms with Crippen molar-refractivity contribution in [2.24, 2.45) is 0 Å². The van der Waals surface area contributed by atoms with Crippen LogP contribution < -0.4 is 0 Å². The van der Waals surface area contributed by atoms with Crippen molar-refractivity contribution >= 4 is 17.5 Å². The Hall–Kier alpha value is -0.750. The van der Waals surface area contributed by atoms with E-state index in [9.17, 15) is 4.79 Å². The Labute approximate surface area is 89.6 Å². The summed E-state index contributed by atoms with van der Waals surface area (Å²) in [6.45, 7) is 0.534. The Morgan fingerprint density at radius 1 is 1.50 bits per heavy atom. The summed E-state index contributed by atoms with van der Waals surface area (Å²) in [5.74, 6) is -0.00381. The topological polar surface area (TPSA) is 44.1 Å². The summed E-state index contributed by atoms with van der Waals surface area (Å²) in [7, 11) is 0. The monoisotopic (exact) mass is 214 g/mol. The summed E-state index contributed by atoms with van der Waals surface area (Å²) < 4.78 is 0. The van der Waals surface area contributed by atoms with Gasteiger partial charge in [0, 0.05) is 12.6 Å². The zero-order valence-corrected chi connectivity index (χ0v) is 8.96. The first-order chi connectivity index (χ1) is 6.79. The minimum absolute atomic E-state index is 0.0297. The van der Waals surface area contributed by atoms with Gasteiger partial charge in [0.15, 0.2) is 0 Å². The molecule has 0 aliphatic heterocycles. The number of alkyl halides is 1. The first kappa shape index (κ1) is 11.3. The van der Waals surface area contributed by atoms with Crippen LogP contribution in [-0.4, -0.2) is 29.3 Å². The van der Waals surface area contributed by atoms with Gasteiger partial charge < -0.3 is 4.90 Å². The molecule has 0 N–H and O–H groups in total. The van der Waals surface area contributed by atoms with E-state index in [-0.39, 0.29) is 11.8 Å². The van der Waals surface area contributed by atoms with Crippen LogP contribution in [0.15, 0.2) is 0 Å². The highest BCUT2D eigenvalue weighted by atomic mass is 35.5. The van der Waals surface area contributed by atoms with E-state index < -0.39 is 0 Å². The van der Waals surface area contributed by atoms with Crippen LogP contribution in [0.25, 0.3) is 0 Å². The van der Waals surface area contributed by atoms with Crippen molar-refractivity contribution in [1.82, 2.24) is 4.90 Å². The standard InChI is InChI=1S/C10H15ClN2O/c11-8-10(14)13(7-3-6-12)9-4-1-2-5-9/h9H,1-5,7-8H2. The quantitative estimate of drug-likeness (QED) is 0.671. The van der Waals surface area contributed by atoms with Gasteiger partial charge in [0.1, 0.15) is 5.88 Å². The van der Waals surface area contributed by atoms with Crippen LogP contribution in [0.5, 0.6) is 0 Å². The van der Waals surface area contributed by atoms with Gasteiger partial charge >= 0.3 is 0 Å². The molecule has 1 amide bonds. The number of carbonyl (C=O) groups excluding carboxylic acids is 1. The van der Waals surface area contributed by atoms with Crippen LogP contribution in [-0.2, 0) is 4.79 Å². The van der Waals surface area contributed by atoms with Gasteiger partial charge in [0.2, 0.25) is 5.91 Å². The Morgan fingerprint density at radius 2 is 2.14 bits per heavy atom. The van der Waals surface area contributed by atoms with Crippen LogP contribution in [0.4, 0.5) is 0 Å². The lowest BCUT2D eigenvalue weighted by Gasteiger charge is -2.27. The fourth-order valence-corrected chi connectivity index (χ4v) is 2.13. The van der Waals surface area contributed by atoms with Crippen LogP contribution >= 0.6 is 11.6 Å². The minimum Gasteiger partial charge on any atom is -0.338 e. The first-order valence-electron chi connectivity index (χ1n) is 5.02. The second-order valence-corrected chi connectivity index (χ2v) is 3.83. The van der Waals surface area contributed by atoms with Crippen molar-refractivity contribution in [2.75, 3.05) is 12.4 Å². The third-order valence-electron chi connectivity index (χ3n) is 2.66. The lowest BCUT2D eigenvalue weighted by atomic mass is 10.2. The van der Waals surface area contributed by atoms with E-state index in [0.29, 0.717) is 19.0 Å². The molecule has 0 spiro atoms. The number of hydrogen-bond donors (Lipinski definition) is 0. The van der Waals surface area contributed by atoms with Gasteiger partial charge in [-0.15, -0.1) is 11.6 Å². The predicted molar refractivity (Wildman–Crippen MR) is 54.9 cm³/mol. The number of nitrogens with zero attached hydrogens (tertiary/aromatic N) is 2. The molecule has 0 aromatic rings. The molecular formula is C10H15ClN2O. The maximum atomic E-state index is 11.5. The van der Waals surface area contributed by atoms with Crippen molar-refractivity contribution < 1.29 is 4.79 Å². The van der Waals surface area contributed by atoms with Crippen molar-refractivity contribution in [1.29, 1.82) is 5.26 Å². The fourth-order valence-electron chi connectivity index (χ4n) is 1.97. The molecule has 1 saturated carbocycles. The number of carbonyl (C=O) groups is 1. The zero-order valence-electron chi connectivity index (χ0n) is 8.21. The SMILES string of the molecule is N#CCCN(C(=O)CCl)C1CCCC1. The third-order valence-corrected chi connectivity index (χ3v) is 2.89. The number of amides is 1. The molecule has 1 fully saturated rings. The Morgan fingerprint density at radius 3 is 2.64 bits per heavy atom. The molecule has 78 valence electrons. The summed E-state index contributed by atoms with van der Waals surface area (Å²) in [5.41, 5.74) is 0. The number of hydrogen-bond acceptors (Lipinski definition) is 2. The molecule has 3 nitrogen and oxygen atoms in total. The number of halogens is 1. The molecule has 0 aromatic heterocycles. The second kappa shape index (κ2) is 5.87. The first-order valence-corrected chi connectivity index (χ1v) is 5.55. The van der Waals surface area contributed by atoms with Crippen LogP contribution in [0.3, 0.4) is 0 Å². The van der Waals surface area contributed by atoms with Crippen LogP contribution in [0, 0.1) is 11.3 Å². The average Bonchev–Trinajstić information content (AvgIpc) is 2.71. The highest BCUT2D eigenvalue weighted by molar-refractivity contribution is 6.27. The normalized spacial score (nSPS) is 16.6. The zero-order chi connectivity index (χ0) is 10.4. The summed E-state index contributed by atoms with van der Waals surface area (Å²) in [5, 5.41) is 8.49. The molecule has 14 heavy (non-hydrogen) atoms. The van der Waals surface area contributed by atoms with E-state index in [1.54, 1.807) is 4.90 Å². The molecule has 0 radical (unpaired) electrons. The van der Waals surface area contributed by atoms with Gasteiger partial charge in [0.25, 0.3) is 0 Å². The number of rotatable bonds is 4. The molecule has 1 aliphatic carbocycles. The second-order valence-electron chi connectivity index (χ2n) is 3.57. The maximum absolute atomic E-state index is 11.5. The van der Waals surface area contributed by atoms with E-state index in [1.807, 2.05) is 0 Å². The molecule has 0 unspecified atom stereocenters. The molecule has 0 aromatic carbocycles. The van der Waals surface area contributed by atoms with Gasteiger partial charge in [0.05, 0.1) is 12.5 Å². The maximum Gasteiger partial charge on any atom is 0.237 e. The third kappa shape index (κ3) is 2.88. The molecule has 0 saturated heterocycles. The molecular weight excluding hydrogens is 200 g/mol. The van der Waals surface area contributed by atoms with E-state index in [1.165, 1.54) is 12.8 Å². The van der Waals surface area contributed by atoms with Gasteiger partial charge in [-0.2, -0.15) is 5.26 Å². The molecule has 1 rings (SSSR count). The summed E-state index contributed by atoms with van der Waals surface area (Å²) in [4.78, 5) is 13.3. The van der Waals surface area contributed by atoms with E-state index in [2.05, 4.69) is 6.07 Å². The van der Waals surface area contributed by atoms with Crippen molar-refractivity contribution in [2.45, 2.75) is 38.1 Å². The minimum atomic E-state index is -0.0335. The van der Waals surface area contributed by atoms with Gasteiger partial charge in [-0.1, -0.05) is 12.8 Å². The van der Waals surface area contributed by atoms with Gasteiger partial charge in [-0.25, -0.2) is 0 Å². The smallest absolute Gasteiger partial charge is 0.237 e. The Kier molecular flexibility index (Phi) is 4.75. The Balaban J connectivity index is 2.51. The summed E-state index contributed by atoms with van der Waals surface area (Å²) >= 11 is 5.53. The van der Waals surface area contributed by atoms with Crippen molar-refractivity contribution in [3.05, 3.63) is 0 Å². The van der Waals surface area contributed by atoms with Crippen LogP contribution in [0.1, 0.15) is 32.1 Å². The molecule has 0 bridgehead atoms. The molecule has 0 atom stereocenters. The summed E-state index contributed by atoms with van der Waals surface area (Å²) in [6, 6.07) is 2.39. The molecule has 0 heterocycles. The molecule has 4 heteroatoms. The van der Waals surface area contributed by atoms with Crippen molar-refractivity contribution in [3.63, 3.8) is 0 Å². The van der Waals surface area contributed by atoms with Crippen LogP contribution in [0.2, 0.25) is 0 Å². The Bertz CT molecular complexity index is 231. The highest BCUT2D eigenvalue weighted by Gasteiger charge is 2.25.